The van der Waals surface area contributed by atoms with E-state index in [1.165, 1.54) is 12.3 Å². The Kier molecular flexibility index (Phi) is 4.73. The summed E-state index contributed by atoms with van der Waals surface area (Å²) in [6.07, 6.45) is 0.869. The van der Waals surface area contributed by atoms with Gasteiger partial charge in [-0.3, -0.25) is 0 Å². The molecule has 1 aromatic carbocycles. The van der Waals surface area contributed by atoms with Gasteiger partial charge in [-0.25, -0.2) is 18.4 Å². The Hall–Kier alpha value is -2.45. The number of rotatable bonds is 6. The van der Waals surface area contributed by atoms with E-state index in [0.29, 0.717) is 34.7 Å². The molecule has 0 saturated carbocycles. The van der Waals surface area contributed by atoms with Gasteiger partial charge in [-0.2, -0.15) is 0 Å². The molecule has 1 unspecified atom stereocenters. The van der Waals surface area contributed by atoms with E-state index in [1.54, 1.807) is 38.3 Å². The zero-order chi connectivity index (χ0) is 18.0. The number of imidazole rings is 1. The van der Waals surface area contributed by atoms with Gasteiger partial charge in [0.15, 0.2) is 15.5 Å². The Labute approximate surface area is 145 Å². The van der Waals surface area contributed by atoms with E-state index in [2.05, 4.69) is 15.0 Å². The van der Waals surface area contributed by atoms with Crippen molar-refractivity contribution in [2.24, 2.45) is 0 Å². The van der Waals surface area contributed by atoms with E-state index in [4.69, 9.17) is 4.74 Å². The fraction of sp³-hybridized carbons (Fsp3) is 0.294. The van der Waals surface area contributed by atoms with Crippen LogP contribution in [0.5, 0.6) is 5.75 Å². The molecule has 0 amide bonds. The second-order valence-electron chi connectivity index (χ2n) is 5.66. The van der Waals surface area contributed by atoms with E-state index in [1.807, 2.05) is 0 Å². The van der Waals surface area contributed by atoms with Gasteiger partial charge in [0, 0.05) is 6.20 Å². The Morgan fingerprint density at radius 2 is 2.00 bits per heavy atom. The molecule has 0 aliphatic carbocycles. The van der Waals surface area contributed by atoms with E-state index < -0.39 is 15.9 Å². The highest BCUT2D eigenvalue weighted by atomic mass is 32.2. The van der Waals surface area contributed by atoms with Crippen molar-refractivity contribution in [2.75, 3.05) is 12.9 Å². The normalized spacial score (nSPS) is 13.1. The van der Waals surface area contributed by atoms with Gasteiger partial charge in [0.1, 0.15) is 23.2 Å². The maximum atomic E-state index is 12.2. The zero-order valence-electron chi connectivity index (χ0n) is 13.9. The van der Waals surface area contributed by atoms with Crippen LogP contribution in [0.25, 0.3) is 11.2 Å². The molecule has 132 valence electrons. The maximum absolute atomic E-state index is 12.2. The number of pyridine rings is 1. The summed E-state index contributed by atoms with van der Waals surface area (Å²) in [6.45, 7) is 1.81. The molecule has 0 spiro atoms. The van der Waals surface area contributed by atoms with Gasteiger partial charge in [-0.05, 0) is 30.2 Å². The minimum Gasteiger partial charge on any atom is -0.497 e. The number of H-pyrrole nitrogens is 1. The first kappa shape index (κ1) is 17.4. The topological polar surface area (TPSA) is 105 Å². The Morgan fingerprint density at radius 1 is 1.28 bits per heavy atom. The average Bonchev–Trinajstić information content (AvgIpc) is 3.04. The van der Waals surface area contributed by atoms with Gasteiger partial charge in [0.2, 0.25) is 0 Å². The van der Waals surface area contributed by atoms with Crippen LogP contribution in [0.3, 0.4) is 0 Å². The molecule has 7 nitrogen and oxygen atoms in total. The molecule has 2 N–H and O–H groups in total. The summed E-state index contributed by atoms with van der Waals surface area (Å²) >= 11 is 0. The number of nitrogens with zero attached hydrogens (tertiary/aromatic N) is 2. The summed E-state index contributed by atoms with van der Waals surface area (Å²) in [7, 11) is -1.80. The molecule has 0 aliphatic heterocycles. The molecule has 3 aromatic rings. The highest BCUT2D eigenvalue weighted by Gasteiger charge is 2.19. The Balaban J connectivity index is 1.95. The van der Waals surface area contributed by atoms with Crippen LogP contribution in [0, 0.1) is 0 Å². The number of benzene rings is 1. The number of sulfone groups is 1. The third-order valence-corrected chi connectivity index (χ3v) is 5.74. The highest BCUT2D eigenvalue weighted by Crippen LogP contribution is 2.24. The van der Waals surface area contributed by atoms with Crippen molar-refractivity contribution < 1.29 is 18.3 Å². The summed E-state index contributed by atoms with van der Waals surface area (Å²) in [5.41, 5.74) is 1.47. The molecule has 0 aliphatic rings. The number of ether oxygens (including phenoxy) is 1. The summed E-state index contributed by atoms with van der Waals surface area (Å²) in [5.74, 6) is 1.05. The molecular weight excluding hydrogens is 342 g/mol. The SMILES string of the molecule is CCCS(=O)(=O)c1cnc2[nH]c(C(O)c3ccc(OC)cc3)nc2c1. The number of aliphatic hydroxyl groups is 1. The van der Waals surface area contributed by atoms with Crippen LogP contribution in [0.4, 0.5) is 0 Å². The lowest BCUT2D eigenvalue weighted by Gasteiger charge is -2.08. The number of fused-ring (bicyclic) bond motifs is 1. The Bertz CT molecular complexity index is 981. The standard InChI is InChI=1S/C17H19N3O4S/c1-3-8-25(22,23)13-9-14-16(18-10-13)20-17(19-14)15(21)11-4-6-12(24-2)7-5-11/h4-7,9-10,15,21H,3,8H2,1-2H3,(H,18,19,20). The molecule has 8 heteroatoms. The highest BCUT2D eigenvalue weighted by molar-refractivity contribution is 7.91. The fourth-order valence-electron chi connectivity index (χ4n) is 2.53. The largest absolute Gasteiger partial charge is 0.497 e. The van der Waals surface area contributed by atoms with Crippen molar-refractivity contribution in [1.82, 2.24) is 15.0 Å². The number of hydrogen-bond donors (Lipinski definition) is 2. The second-order valence-corrected chi connectivity index (χ2v) is 7.76. The molecule has 0 radical (unpaired) electrons. The number of nitrogens with one attached hydrogen (secondary N) is 1. The van der Waals surface area contributed by atoms with Crippen LogP contribution in [0.15, 0.2) is 41.4 Å². The fourth-order valence-corrected chi connectivity index (χ4v) is 3.80. The predicted octanol–water partition coefficient (Wildman–Crippen LogP) is 2.23. The van der Waals surface area contributed by atoms with Crippen LogP contribution in [0.1, 0.15) is 30.8 Å². The van der Waals surface area contributed by atoms with Gasteiger partial charge >= 0.3 is 0 Å². The Morgan fingerprint density at radius 3 is 2.64 bits per heavy atom. The number of aliphatic hydroxyl groups excluding tert-OH is 1. The summed E-state index contributed by atoms with van der Waals surface area (Å²) < 4.78 is 29.4. The molecule has 0 bridgehead atoms. The van der Waals surface area contributed by atoms with Gasteiger partial charge in [0.25, 0.3) is 0 Å². The third-order valence-electron chi connectivity index (χ3n) is 3.85. The van der Waals surface area contributed by atoms with Crippen LogP contribution in [0.2, 0.25) is 0 Å². The molecular formula is C17H19N3O4S. The monoisotopic (exact) mass is 361 g/mol. The molecule has 0 saturated heterocycles. The molecule has 0 fully saturated rings. The van der Waals surface area contributed by atoms with Crippen LogP contribution < -0.4 is 4.74 Å². The quantitative estimate of drug-likeness (QED) is 0.697. The number of aromatic amines is 1. The molecule has 3 rings (SSSR count). The number of methoxy groups -OCH3 is 1. The lowest BCUT2D eigenvalue weighted by molar-refractivity contribution is 0.211. The summed E-state index contributed by atoms with van der Waals surface area (Å²) in [4.78, 5) is 11.5. The van der Waals surface area contributed by atoms with E-state index >= 15 is 0 Å². The number of hydrogen-bond acceptors (Lipinski definition) is 6. The number of aromatic nitrogens is 3. The zero-order valence-corrected chi connectivity index (χ0v) is 14.7. The van der Waals surface area contributed by atoms with Crippen LogP contribution >= 0.6 is 0 Å². The van der Waals surface area contributed by atoms with E-state index in [-0.39, 0.29) is 10.6 Å². The smallest absolute Gasteiger partial charge is 0.179 e. The van der Waals surface area contributed by atoms with Gasteiger partial charge in [-0.1, -0.05) is 19.1 Å². The van der Waals surface area contributed by atoms with Gasteiger partial charge < -0.3 is 14.8 Å². The van der Waals surface area contributed by atoms with Crippen molar-refractivity contribution in [3.05, 3.63) is 47.9 Å². The third kappa shape index (κ3) is 3.49. The summed E-state index contributed by atoms with van der Waals surface area (Å²) in [6, 6.07) is 8.44. The minimum atomic E-state index is -3.37. The molecule has 2 heterocycles. The van der Waals surface area contributed by atoms with Gasteiger partial charge in [-0.15, -0.1) is 0 Å². The predicted molar refractivity (Wildman–Crippen MR) is 93.3 cm³/mol. The van der Waals surface area contributed by atoms with Crippen molar-refractivity contribution in [2.45, 2.75) is 24.3 Å². The molecule has 25 heavy (non-hydrogen) atoms. The lowest BCUT2D eigenvalue weighted by Crippen LogP contribution is -2.06. The second kappa shape index (κ2) is 6.81. The van der Waals surface area contributed by atoms with Crippen molar-refractivity contribution in [3.8, 4) is 5.75 Å². The maximum Gasteiger partial charge on any atom is 0.179 e. The lowest BCUT2D eigenvalue weighted by atomic mass is 10.1. The van der Waals surface area contributed by atoms with Crippen molar-refractivity contribution in [3.63, 3.8) is 0 Å². The van der Waals surface area contributed by atoms with Crippen LogP contribution in [-0.4, -0.2) is 41.3 Å². The average molecular weight is 361 g/mol. The minimum absolute atomic E-state index is 0.0614. The molecule has 2 aromatic heterocycles. The molecule has 1 atom stereocenters. The van der Waals surface area contributed by atoms with E-state index in [0.717, 1.165) is 0 Å². The van der Waals surface area contributed by atoms with Crippen LogP contribution in [-0.2, 0) is 9.84 Å². The van der Waals surface area contributed by atoms with E-state index in [9.17, 15) is 13.5 Å². The first-order valence-corrected chi connectivity index (χ1v) is 9.50. The summed E-state index contributed by atoms with van der Waals surface area (Å²) in [5, 5.41) is 10.5. The van der Waals surface area contributed by atoms with Gasteiger partial charge in [0.05, 0.1) is 17.8 Å². The van der Waals surface area contributed by atoms with Crippen molar-refractivity contribution in [1.29, 1.82) is 0 Å². The first-order chi connectivity index (χ1) is 11.9. The van der Waals surface area contributed by atoms with Crippen molar-refractivity contribution >= 4 is 21.0 Å². The first-order valence-electron chi connectivity index (χ1n) is 7.85.